The smallest absolute Gasteiger partial charge is 0.294 e. The first-order valence-corrected chi connectivity index (χ1v) is 6.16. The van der Waals surface area contributed by atoms with Gasteiger partial charge in [-0.2, -0.15) is 18.3 Å². The van der Waals surface area contributed by atoms with E-state index in [2.05, 4.69) is 5.10 Å². The number of halogens is 4. The maximum atomic E-state index is 13.1. The van der Waals surface area contributed by atoms with Gasteiger partial charge in [-0.1, -0.05) is 0 Å². The molecule has 112 valence electrons. The molecule has 7 heteroatoms. The minimum Gasteiger partial charge on any atom is -0.294 e. The zero-order valence-electron chi connectivity index (χ0n) is 11.1. The molecule has 3 nitrogen and oxygen atoms in total. The summed E-state index contributed by atoms with van der Waals surface area (Å²) in [7, 11) is 1.67. The van der Waals surface area contributed by atoms with Gasteiger partial charge >= 0.3 is 6.18 Å². The molecule has 1 aromatic heterocycles. The highest BCUT2D eigenvalue weighted by Crippen LogP contribution is 2.33. The maximum Gasteiger partial charge on any atom is 0.417 e. The molecule has 2 rings (SSSR count). The van der Waals surface area contributed by atoms with Crippen molar-refractivity contribution in [2.45, 2.75) is 19.0 Å². The van der Waals surface area contributed by atoms with Crippen LogP contribution in [-0.4, -0.2) is 15.6 Å². The number of carbonyl (C=O) groups excluding carboxylic acids is 1. The van der Waals surface area contributed by atoms with Crippen molar-refractivity contribution in [3.05, 3.63) is 53.1 Å². The van der Waals surface area contributed by atoms with Crippen LogP contribution in [0.3, 0.4) is 0 Å². The standard InChI is InChI=1S/C14H12F4N2O/c1-20-10(6-7-19-20)3-5-13(21)11-8-9(15)2-4-12(11)14(16,17)18/h2,4,6-8H,3,5H2,1H3. The number of hydrogen-bond donors (Lipinski definition) is 0. The van der Waals surface area contributed by atoms with Gasteiger partial charge in [0.2, 0.25) is 0 Å². The summed E-state index contributed by atoms with van der Waals surface area (Å²) in [5.74, 6) is -1.62. The quantitative estimate of drug-likeness (QED) is 0.641. The third kappa shape index (κ3) is 3.48. The van der Waals surface area contributed by atoms with E-state index in [1.165, 1.54) is 10.9 Å². The number of aromatic nitrogens is 2. The van der Waals surface area contributed by atoms with Crippen LogP contribution < -0.4 is 0 Å². The molecule has 0 unspecified atom stereocenters. The first kappa shape index (κ1) is 15.2. The molecule has 0 aliphatic carbocycles. The Labute approximate surface area is 118 Å². The molecule has 2 aromatic rings. The van der Waals surface area contributed by atoms with Gasteiger partial charge in [0, 0.05) is 30.9 Å². The molecule has 0 bridgehead atoms. The van der Waals surface area contributed by atoms with Crippen LogP contribution in [0.2, 0.25) is 0 Å². The summed E-state index contributed by atoms with van der Waals surface area (Å²) in [5.41, 5.74) is -1.03. The monoisotopic (exact) mass is 300 g/mol. The minimum atomic E-state index is -4.69. The van der Waals surface area contributed by atoms with Crippen LogP contribution in [0.15, 0.2) is 30.5 Å². The summed E-state index contributed by atoms with van der Waals surface area (Å²) in [5, 5.41) is 3.90. The van der Waals surface area contributed by atoms with Crippen LogP contribution in [0.1, 0.15) is 28.0 Å². The summed E-state index contributed by atoms with van der Waals surface area (Å²) < 4.78 is 53.2. The lowest BCUT2D eigenvalue weighted by atomic mass is 9.99. The van der Waals surface area contributed by atoms with Gasteiger partial charge in [0.25, 0.3) is 0 Å². The molecule has 0 saturated carbocycles. The van der Waals surface area contributed by atoms with Gasteiger partial charge < -0.3 is 0 Å². The van der Waals surface area contributed by atoms with Crippen LogP contribution in [0, 0.1) is 5.82 Å². The Morgan fingerprint density at radius 3 is 2.57 bits per heavy atom. The second-order valence-corrected chi connectivity index (χ2v) is 4.56. The van der Waals surface area contributed by atoms with Crippen LogP contribution in [0.5, 0.6) is 0 Å². The van der Waals surface area contributed by atoms with Crippen molar-refractivity contribution in [1.29, 1.82) is 0 Å². The Bertz CT molecular complexity index is 661. The predicted octanol–water partition coefficient (Wildman–Crippen LogP) is 3.39. The zero-order chi connectivity index (χ0) is 15.6. The van der Waals surface area contributed by atoms with Crippen molar-refractivity contribution in [1.82, 2.24) is 9.78 Å². The highest BCUT2D eigenvalue weighted by Gasteiger charge is 2.35. The Morgan fingerprint density at radius 1 is 1.29 bits per heavy atom. The third-order valence-electron chi connectivity index (χ3n) is 3.12. The predicted molar refractivity (Wildman–Crippen MR) is 67.3 cm³/mol. The molecule has 0 N–H and O–H groups in total. The van der Waals surface area contributed by atoms with Crippen molar-refractivity contribution in [2.24, 2.45) is 7.05 Å². The normalized spacial score (nSPS) is 11.7. The lowest BCUT2D eigenvalue weighted by Gasteiger charge is -2.12. The first-order valence-electron chi connectivity index (χ1n) is 6.16. The molecule has 1 heterocycles. The average Bonchev–Trinajstić information content (AvgIpc) is 2.80. The molecular formula is C14H12F4N2O. The Kier molecular flexibility index (Phi) is 4.11. The summed E-state index contributed by atoms with van der Waals surface area (Å²) >= 11 is 0. The molecule has 0 aliphatic rings. The van der Waals surface area contributed by atoms with E-state index in [-0.39, 0.29) is 12.8 Å². The molecule has 1 aromatic carbocycles. The maximum absolute atomic E-state index is 13.1. The van der Waals surface area contributed by atoms with Gasteiger partial charge in [0.1, 0.15) is 5.82 Å². The van der Waals surface area contributed by atoms with Crippen LogP contribution in [0.25, 0.3) is 0 Å². The highest BCUT2D eigenvalue weighted by molar-refractivity contribution is 5.97. The molecule has 21 heavy (non-hydrogen) atoms. The van der Waals surface area contributed by atoms with E-state index in [1.807, 2.05) is 0 Å². The molecule has 0 radical (unpaired) electrons. The summed E-state index contributed by atoms with van der Waals surface area (Å²) in [6.07, 6.45) is -3.07. The number of Topliss-reactive ketones (excluding diaryl/α,β-unsaturated/α-hetero) is 1. The van der Waals surface area contributed by atoms with Gasteiger partial charge in [0.15, 0.2) is 5.78 Å². The number of carbonyl (C=O) groups is 1. The van der Waals surface area contributed by atoms with Crippen molar-refractivity contribution in [3.63, 3.8) is 0 Å². The first-order chi connectivity index (χ1) is 9.79. The fourth-order valence-electron chi connectivity index (χ4n) is 2.02. The van der Waals surface area contributed by atoms with E-state index in [0.717, 1.165) is 0 Å². The lowest BCUT2D eigenvalue weighted by molar-refractivity contribution is -0.137. The Morgan fingerprint density at radius 2 is 2.00 bits per heavy atom. The molecule has 0 fully saturated rings. The van der Waals surface area contributed by atoms with Gasteiger partial charge in [0.05, 0.1) is 5.56 Å². The van der Waals surface area contributed by atoms with E-state index in [9.17, 15) is 22.4 Å². The van der Waals surface area contributed by atoms with E-state index in [1.54, 1.807) is 13.1 Å². The Hall–Kier alpha value is -2.18. The van der Waals surface area contributed by atoms with Gasteiger partial charge in [-0.3, -0.25) is 9.48 Å². The molecule has 0 aliphatic heterocycles. The van der Waals surface area contributed by atoms with Crippen molar-refractivity contribution in [2.75, 3.05) is 0 Å². The van der Waals surface area contributed by atoms with Crippen molar-refractivity contribution >= 4 is 5.78 Å². The lowest BCUT2D eigenvalue weighted by Crippen LogP contribution is -2.14. The Balaban J connectivity index is 2.22. The van der Waals surface area contributed by atoms with Crippen LogP contribution in [0.4, 0.5) is 17.6 Å². The van der Waals surface area contributed by atoms with E-state index in [4.69, 9.17) is 0 Å². The second kappa shape index (κ2) is 5.67. The number of hydrogen-bond acceptors (Lipinski definition) is 2. The van der Waals surface area contributed by atoms with Gasteiger partial charge in [-0.05, 0) is 30.7 Å². The molecular weight excluding hydrogens is 288 g/mol. The number of alkyl halides is 3. The fourth-order valence-corrected chi connectivity index (χ4v) is 2.02. The zero-order valence-corrected chi connectivity index (χ0v) is 11.1. The van der Waals surface area contributed by atoms with E-state index >= 15 is 0 Å². The summed E-state index contributed by atoms with van der Waals surface area (Å²) in [4.78, 5) is 12.0. The fraction of sp³-hybridized carbons (Fsp3) is 0.286. The number of aryl methyl sites for hydroxylation is 2. The highest BCUT2D eigenvalue weighted by atomic mass is 19.4. The number of benzene rings is 1. The molecule has 0 spiro atoms. The topological polar surface area (TPSA) is 34.9 Å². The summed E-state index contributed by atoms with van der Waals surface area (Å²) in [6, 6.07) is 3.59. The van der Waals surface area contributed by atoms with Crippen molar-refractivity contribution < 1.29 is 22.4 Å². The van der Waals surface area contributed by atoms with Gasteiger partial charge in [-0.15, -0.1) is 0 Å². The van der Waals surface area contributed by atoms with E-state index < -0.39 is 28.9 Å². The SMILES string of the molecule is Cn1nccc1CCC(=O)c1cc(F)ccc1C(F)(F)F. The largest absolute Gasteiger partial charge is 0.417 e. The number of ketones is 1. The van der Waals surface area contributed by atoms with Crippen LogP contribution >= 0.6 is 0 Å². The average molecular weight is 300 g/mol. The molecule has 0 amide bonds. The third-order valence-corrected chi connectivity index (χ3v) is 3.12. The molecule has 0 atom stereocenters. The number of nitrogens with zero attached hydrogens (tertiary/aromatic N) is 2. The van der Waals surface area contributed by atoms with Crippen molar-refractivity contribution in [3.8, 4) is 0 Å². The van der Waals surface area contributed by atoms with Crippen LogP contribution in [-0.2, 0) is 19.6 Å². The molecule has 0 saturated heterocycles. The minimum absolute atomic E-state index is 0.147. The van der Waals surface area contributed by atoms with Gasteiger partial charge in [-0.25, -0.2) is 4.39 Å². The van der Waals surface area contributed by atoms with E-state index in [0.29, 0.717) is 23.9 Å². The summed E-state index contributed by atoms with van der Waals surface area (Å²) in [6.45, 7) is 0. The second-order valence-electron chi connectivity index (χ2n) is 4.56. The number of rotatable bonds is 4.